The first-order valence-electron chi connectivity index (χ1n) is 5.88. The van der Waals surface area contributed by atoms with E-state index in [4.69, 9.17) is 4.74 Å². The smallest absolute Gasteiger partial charge is 0.355 e. The monoisotopic (exact) mass is 255 g/mol. The highest BCUT2D eigenvalue weighted by molar-refractivity contribution is 5.32. The van der Waals surface area contributed by atoms with Crippen LogP contribution < -0.4 is 5.56 Å². The van der Waals surface area contributed by atoms with E-state index < -0.39 is 10.5 Å². The molecule has 1 aromatic rings. The number of hydrogen-bond donors (Lipinski definition) is 1. The van der Waals surface area contributed by atoms with Gasteiger partial charge in [-0.1, -0.05) is 13.8 Å². The molecule has 7 nitrogen and oxygen atoms in total. The zero-order chi connectivity index (χ0) is 13.5. The molecule has 2 rings (SSSR count). The molecule has 1 atom stereocenters. The van der Waals surface area contributed by atoms with E-state index in [9.17, 15) is 14.9 Å². The zero-order valence-electron chi connectivity index (χ0n) is 10.7. The van der Waals surface area contributed by atoms with Crippen molar-refractivity contribution in [1.29, 1.82) is 0 Å². The summed E-state index contributed by atoms with van der Waals surface area (Å²) in [5.74, 6) is 0. The van der Waals surface area contributed by atoms with Crippen molar-refractivity contribution < 1.29 is 9.66 Å². The molecule has 0 radical (unpaired) electrons. The Balaban J connectivity index is 2.49. The van der Waals surface area contributed by atoms with Crippen LogP contribution in [0.4, 0.5) is 5.69 Å². The molecule has 2 heterocycles. The first kappa shape index (κ1) is 12.8. The lowest BCUT2D eigenvalue weighted by molar-refractivity contribution is -0.386. The van der Waals surface area contributed by atoms with Crippen LogP contribution in [0.15, 0.2) is 4.79 Å². The van der Waals surface area contributed by atoms with Gasteiger partial charge in [0.2, 0.25) is 0 Å². The van der Waals surface area contributed by atoms with Gasteiger partial charge in [-0.15, -0.1) is 0 Å². The minimum Gasteiger partial charge on any atom is -0.381 e. The Morgan fingerprint density at radius 2 is 2.22 bits per heavy atom. The van der Waals surface area contributed by atoms with Crippen LogP contribution in [0.25, 0.3) is 0 Å². The predicted molar refractivity (Wildman–Crippen MR) is 64.7 cm³/mol. The lowest BCUT2D eigenvalue weighted by Gasteiger charge is -2.39. The van der Waals surface area contributed by atoms with Gasteiger partial charge in [0.15, 0.2) is 0 Å². The summed E-state index contributed by atoms with van der Waals surface area (Å²) >= 11 is 0. The van der Waals surface area contributed by atoms with Crippen LogP contribution >= 0.6 is 0 Å². The Kier molecular flexibility index (Phi) is 3.02. The highest BCUT2D eigenvalue weighted by atomic mass is 16.6. The van der Waals surface area contributed by atoms with Crippen LogP contribution in [0, 0.1) is 22.5 Å². The van der Waals surface area contributed by atoms with Gasteiger partial charge in [-0.25, -0.2) is 0 Å². The van der Waals surface area contributed by atoms with Gasteiger partial charge < -0.3 is 4.74 Å². The van der Waals surface area contributed by atoms with E-state index in [-0.39, 0.29) is 17.1 Å². The van der Waals surface area contributed by atoms with Gasteiger partial charge in [0.1, 0.15) is 5.69 Å². The molecule has 0 aromatic carbocycles. The third kappa shape index (κ3) is 1.94. The van der Waals surface area contributed by atoms with Crippen molar-refractivity contribution in [2.75, 3.05) is 13.2 Å². The number of H-pyrrole nitrogens is 1. The molecule has 7 heteroatoms. The summed E-state index contributed by atoms with van der Waals surface area (Å²) in [4.78, 5) is 21.8. The van der Waals surface area contributed by atoms with Crippen molar-refractivity contribution in [3.05, 3.63) is 26.2 Å². The standard InChI is InChI=1S/C11H17N3O4/c1-7-9(14(16)17)10(15)12-13(7)8-4-5-18-6-11(8,2)3/h8H,4-6H2,1-3H3,(H,12,15). The molecule has 1 fully saturated rings. The minimum absolute atomic E-state index is 0.00708. The fourth-order valence-electron chi connectivity index (χ4n) is 2.55. The Morgan fingerprint density at radius 3 is 2.72 bits per heavy atom. The number of aromatic nitrogens is 2. The molecule has 1 aromatic heterocycles. The van der Waals surface area contributed by atoms with Gasteiger partial charge in [0.05, 0.1) is 17.6 Å². The molecular formula is C11H17N3O4. The number of nitrogens with zero attached hydrogens (tertiary/aromatic N) is 2. The van der Waals surface area contributed by atoms with E-state index in [2.05, 4.69) is 5.10 Å². The lowest BCUT2D eigenvalue weighted by atomic mass is 9.82. The van der Waals surface area contributed by atoms with Gasteiger partial charge >= 0.3 is 11.2 Å². The molecule has 100 valence electrons. The third-order valence-corrected chi connectivity index (χ3v) is 3.55. The maximum atomic E-state index is 11.6. The first-order chi connectivity index (χ1) is 8.34. The Morgan fingerprint density at radius 1 is 1.56 bits per heavy atom. The molecule has 0 bridgehead atoms. The predicted octanol–water partition coefficient (Wildman–Crippen LogP) is 1.38. The van der Waals surface area contributed by atoms with Gasteiger partial charge in [0, 0.05) is 12.0 Å². The van der Waals surface area contributed by atoms with E-state index in [0.717, 1.165) is 6.42 Å². The summed E-state index contributed by atoms with van der Waals surface area (Å²) in [6.45, 7) is 6.83. The third-order valence-electron chi connectivity index (χ3n) is 3.55. The molecule has 1 saturated heterocycles. The maximum absolute atomic E-state index is 11.6. The number of hydrogen-bond acceptors (Lipinski definition) is 4. The van der Waals surface area contributed by atoms with E-state index in [1.54, 1.807) is 11.6 Å². The number of rotatable bonds is 2. The van der Waals surface area contributed by atoms with Crippen LogP contribution in [0.1, 0.15) is 32.0 Å². The normalized spacial score (nSPS) is 22.9. The maximum Gasteiger partial charge on any atom is 0.355 e. The van der Waals surface area contributed by atoms with Gasteiger partial charge in [-0.3, -0.25) is 24.7 Å². The number of ether oxygens (including phenoxy) is 1. The molecular weight excluding hydrogens is 238 g/mol. The number of aromatic amines is 1. The van der Waals surface area contributed by atoms with Gasteiger partial charge in [-0.2, -0.15) is 0 Å². The van der Waals surface area contributed by atoms with E-state index >= 15 is 0 Å². The van der Waals surface area contributed by atoms with Gasteiger partial charge in [-0.05, 0) is 13.3 Å². The van der Waals surface area contributed by atoms with Crippen LogP contribution in [0.2, 0.25) is 0 Å². The van der Waals surface area contributed by atoms with E-state index in [0.29, 0.717) is 18.9 Å². The molecule has 1 aliphatic rings. The first-order valence-corrected chi connectivity index (χ1v) is 5.88. The van der Waals surface area contributed by atoms with Crippen molar-refractivity contribution >= 4 is 5.69 Å². The summed E-state index contributed by atoms with van der Waals surface area (Å²) in [5, 5.41) is 13.4. The average molecular weight is 255 g/mol. The van der Waals surface area contributed by atoms with Crippen LogP contribution in [-0.4, -0.2) is 27.9 Å². The van der Waals surface area contributed by atoms with Crippen molar-refractivity contribution in [2.45, 2.75) is 33.2 Å². The Hall–Kier alpha value is -1.63. The van der Waals surface area contributed by atoms with E-state index in [1.165, 1.54) is 0 Å². The topological polar surface area (TPSA) is 90.2 Å². The average Bonchev–Trinajstić information content (AvgIpc) is 2.53. The molecule has 1 unspecified atom stereocenters. The van der Waals surface area contributed by atoms with Crippen molar-refractivity contribution in [3.63, 3.8) is 0 Å². The molecule has 1 N–H and O–H groups in total. The summed E-state index contributed by atoms with van der Waals surface area (Å²) in [6, 6.07) is 0.00708. The van der Waals surface area contributed by atoms with E-state index in [1.807, 2.05) is 13.8 Å². The Labute approximate surface area is 104 Å². The highest BCUT2D eigenvalue weighted by Crippen LogP contribution is 2.38. The summed E-state index contributed by atoms with van der Waals surface area (Å²) in [6.07, 6.45) is 0.732. The Bertz CT molecular complexity index is 529. The number of nitrogens with one attached hydrogen (secondary N) is 1. The largest absolute Gasteiger partial charge is 0.381 e. The number of nitro groups is 1. The fourth-order valence-corrected chi connectivity index (χ4v) is 2.55. The molecule has 0 amide bonds. The second kappa shape index (κ2) is 4.24. The van der Waals surface area contributed by atoms with Crippen molar-refractivity contribution in [2.24, 2.45) is 5.41 Å². The lowest BCUT2D eigenvalue weighted by Crippen LogP contribution is -2.38. The molecule has 1 aliphatic heterocycles. The summed E-state index contributed by atoms with van der Waals surface area (Å²) in [7, 11) is 0. The zero-order valence-corrected chi connectivity index (χ0v) is 10.7. The summed E-state index contributed by atoms with van der Waals surface area (Å²) < 4.78 is 7.05. The molecule has 0 saturated carbocycles. The SMILES string of the molecule is Cc1c([N+](=O)[O-])c(=O)[nH]n1C1CCOCC1(C)C. The van der Waals surface area contributed by atoms with Crippen LogP contribution in [0.3, 0.4) is 0 Å². The quantitative estimate of drug-likeness (QED) is 0.638. The van der Waals surface area contributed by atoms with Crippen LogP contribution in [-0.2, 0) is 4.74 Å². The molecule has 0 aliphatic carbocycles. The molecule has 0 spiro atoms. The van der Waals surface area contributed by atoms with Crippen molar-refractivity contribution in [1.82, 2.24) is 9.78 Å². The molecule has 18 heavy (non-hydrogen) atoms. The summed E-state index contributed by atoms with van der Waals surface area (Å²) in [5.41, 5.74) is -0.791. The van der Waals surface area contributed by atoms with Crippen molar-refractivity contribution in [3.8, 4) is 0 Å². The second-order valence-electron chi connectivity index (χ2n) is 5.35. The van der Waals surface area contributed by atoms with Crippen LogP contribution in [0.5, 0.6) is 0 Å². The fraction of sp³-hybridized carbons (Fsp3) is 0.727. The second-order valence-corrected chi connectivity index (χ2v) is 5.35. The minimum atomic E-state index is -0.639. The van der Waals surface area contributed by atoms with Gasteiger partial charge in [0.25, 0.3) is 0 Å². The highest BCUT2D eigenvalue weighted by Gasteiger charge is 2.37.